The first-order chi connectivity index (χ1) is 4.33. The molecule has 0 radical (unpaired) electrons. The molecule has 0 unspecified atom stereocenters. The molecule has 0 atom stereocenters. The van der Waals surface area contributed by atoms with Gasteiger partial charge in [-0.2, -0.15) is 5.10 Å². The van der Waals surface area contributed by atoms with Crippen molar-refractivity contribution in [3.8, 4) is 0 Å². The maximum Gasteiger partial charge on any atom is 0.0796 e. The number of rotatable bonds is 2. The van der Waals surface area contributed by atoms with Crippen molar-refractivity contribution in [1.29, 1.82) is 0 Å². The van der Waals surface area contributed by atoms with Gasteiger partial charge in [-0.05, 0) is 13.0 Å². The van der Waals surface area contributed by atoms with Crippen molar-refractivity contribution < 1.29 is 5.73 Å². The summed E-state index contributed by atoms with van der Waals surface area (Å²) in [6.07, 6.45) is 0.977. The average Bonchev–Trinajstić information content (AvgIpc) is 2.17. The van der Waals surface area contributed by atoms with Gasteiger partial charge in [-0.25, -0.2) is 0 Å². The maximum atomic E-state index is 4.04. The Labute approximate surface area is 54.3 Å². The molecular weight excluding hydrogens is 114 g/mol. The Morgan fingerprint density at radius 2 is 2.56 bits per heavy atom. The van der Waals surface area contributed by atoms with Crippen molar-refractivity contribution in [3.05, 3.63) is 17.5 Å². The van der Waals surface area contributed by atoms with Crippen LogP contribution < -0.4 is 5.73 Å². The standard InChI is InChI=1S/C6H11N3/c1-5-4-6(2-3-7)9-8-5/h4H,2-3,7H2,1H3,(H,8,9)/p+1. The Bertz CT molecular complexity index is 180. The van der Waals surface area contributed by atoms with Gasteiger partial charge in [0.05, 0.1) is 12.2 Å². The summed E-state index contributed by atoms with van der Waals surface area (Å²) in [5.74, 6) is 0. The van der Waals surface area contributed by atoms with E-state index in [1.54, 1.807) is 0 Å². The monoisotopic (exact) mass is 126 g/mol. The van der Waals surface area contributed by atoms with Gasteiger partial charge < -0.3 is 5.73 Å². The van der Waals surface area contributed by atoms with E-state index < -0.39 is 0 Å². The van der Waals surface area contributed by atoms with E-state index in [1.165, 1.54) is 0 Å². The van der Waals surface area contributed by atoms with E-state index in [0.29, 0.717) is 0 Å². The molecule has 0 saturated carbocycles. The molecule has 0 aliphatic rings. The van der Waals surface area contributed by atoms with E-state index in [9.17, 15) is 0 Å². The van der Waals surface area contributed by atoms with E-state index in [-0.39, 0.29) is 0 Å². The van der Waals surface area contributed by atoms with Gasteiger partial charge in [0, 0.05) is 12.1 Å². The molecule has 0 aromatic carbocycles. The lowest BCUT2D eigenvalue weighted by atomic mass is 10.3. The van der Waals surface area contributed by atoms with Gasteiger partial charge in [0.1, 0.15) is 0 Å². The van der Waals surface area contributed by atoms with Crippen molar-refractivity contribution in [1.82, 2.24) is 10.2 Å². The molecule has 9 heavy (non-hydrogen) atoms. The fourth-order valence-corrected chi connectivity index (χ4v) is 0.784. The fraction of sp³-hybridized carbons (Fsp3) is 0.500. The molecule has 0 aliphatic heterocycles. The van der Waals surface area contributed by atoms with Crippen LogP contribution in [0.4, 0.5) is 0 Å². The van der Waals surface area contributed by atoms with Crippen molar-refractivity contribution in [3.63, 3.8) is 0 Å². The normalized spacial score (nSPS) is 10.0. The van der Waals surface area contributed by atoms with Gasteiger partial charge in [0.15, 0.2) is 0 Å². The highest BCUT2D eigenvalue weighted by Gasteiger charge is 1.94. The van der Waals surface area contributed by atoms with Crippen LogP contribution in [0.25, 0.3) is 0 Å². The molecule has 0 aliphatic carbocycles. The minimum absolute atomic E-state index is 0.921. The number of H-pyrrole nitrogens is 1. The van der Waals surface area contributed by atoms with Crippen LogP contribution >= 0.6 is 0 Å². The lowest BCUT2D eigenvalue weighted by Crippen LogP contribution is -2.51. The molecule has 0 fully saturated rings. The third kappa shape index (κ3) is 1.54. The molecule has 1 aromatic rings. The van der Waals surface area contributed by atoms with Crippen LogP contribution in [0.1, 0.15) is 11.4 Å². The second-order valence-electron chi connectivity index (χ2n) is 2.15. The van der Waals surface area contributed by atoms with Gasteiger partial charge in [-0.1, -0.05) is 0 Å². The number of hydrogen-bond donors (Lipinski definition) is 2. The minimum Gasteiger partial charge on any atom is -0.357 e. The first-order valence-corrected chi connectivity index (χ1v) is 3.13. The molecule has 50 valence electrons. The highest BCUT2D eigenvalue weighted by molar-refractivity contribution is 5.06. The summed E-state index contributed by atoms with van der Waals surface area (Å²) in [5, 5.41) is 6.92. The van der Waals surface area contributed by atoms with Crippen molar-refractivity contribution in [2.45, 2.75) is 13.3 Å². The van der Waals surface area contributed by atoms with E-state index in [1.807, 2.05) is 13.0 Å². The first kappa shape index (κ1) is 6.29. The highest BCUT2D eigenvalue weighted by Crippen LogP contribution is 1.95. The largest absolute Gasteiger partial charge is 0.357 e. The quantitative estimate of drug-likeness (QED) is 0.551. The lowest BCUT2D eigenvalue weighted by molar-refractivity contribution is -0.366. The first-order valence-electron chi connectivity index (χ1n) is 3.13. The van der Waals surface area contributed by atoms with E-state index in [0.717, 1.165) is 24.4 Å². The molecule has 0 bridgehead atoms. The number of hydrogen-bond acceptors (Lipinski definition) is 1. The second kappa shape index (κ2) is 2.64. The van der Waals surface area contributed by atoms with Crippen LogP contribution in [0.5, 0.6) is 0 Å². The third-order valence-electron chi connectivity index (χ3n) is 1.19. The third-order valence-corrected chi connectivity index (χ3v) is 1.19. The smallest absolute Gasteiger partial charge is 0.0796 e. The van der Waals surface area contributed by atoms with E-state index in [2.05, 4.69) is 15.9 Å². The highest BCUT2D eigenvalue weighted by atomic mass is 15.1. The van der Waals surface area contributed by atoms with E-state index in [4.69, 9.17) is 0 Å². The van der Waals surface area contributed by atoms with Gasteiger partial charge >= 0.3 is 0 Å². The van der Waals surface area contributed by atoms with Crippen LogP contribution in [0, 0.1) is 6.92 Å². The number of nitrogens with zero attached hydrogens (tertiary/aromatic N) is 1. The number of aryl methyl sites for hydroxylation is 1. The summed E-state index contributed by atoms with van der Waals surface area (Å²) in [4.78, 5) is 0. The molecule has 0 saturated heterocycles. The van der Waals surface area contributed by atoms with Crippen LogP contribution in [0.3, 0.4) is 0 Å². The summed E-state index contributed by atoms with van der Waals surface area (Å²) in [6, 6.07) is 2.05. The average molecular weight is 126 g/mol. The van der Waals surface area contributed by atoms with Gasteiger partial charge in [0.2, 0.25) is 0 Å². The van der Waals surface area contributed by atoms with Crippen LogP contribution in [0.2, 0.25) is 0 Å². The summed E-state index contributed by atoms with van der Waals surface area (Å²) in [5.41, 5.74) is 5.97. The maximum absolute atomic E-state index is 4.04. The van der Waals surface area contributed by atoms with Gasteiger partial charge in [0.25, 0.3) is 0 Å². The number of aromatic nitrogens is 2. The lowest BCUT2D eigenvalue weighted by Gasteiger charge is -1.82. The number of aromatic amines is 1. The molecule has 0 amide bonds. The number of nitrogens with one attached hydrogen (secondary N) is 1. The molecule has 0 spiro atoms. The minimum atomic E-state index is 0.921. The summed E-state index contributed by atoms with van der Waals surface area (Å²) in [7, 11) is 0. The molecular formula is C6H12N3+. The van der Waals surface area contributed by atoms with Crippen molar-refractivity contribution in [2.24, 2.45) is 0 Å². The zero-order valence-corrected chi connectivity index (χ0v) is 5.65. The Morgan fingerprint density at radius 1 is 1.78 bits per heavy atom. The Balaban J connectivity index is 2.61. The zero-order chi connectivity index (χ0) is 6.69. The molecule has 3 nitrogen and oxygen atoms in total. The van der Waals surface area contributed by atoms with Crippen LogP contribution in [0.15, 0.2) is 6.07 Å². The molecule has 4 N–H and O–H groups in total. The van der Waals surface area contributed by atoms with Crippen molar-refractivity contribution in [2.75, 3.05) is 6.54 Å². The Kier molecular flexibility index (Phi) is 1.85. The van der Waals surface area contributed by atoms with Gasteiger partial charge in [-0.15, -0.1) is 0 Å². The predicted octanol–water partition coefficient (Wildman–Crippen LogP) is -0.497. The van der Waals surface area contributed by atoms with Gasteiger partial charge in [-0.3, -0.25) is 5.10 Å². The summed E-state index contributed by atoms with van der Waals surface area (Å²) in [6.45, 7) is 2.92. The van der Waals surface area contributed by atoms with Crippen molar-refractivity contribution >= 4 is 0 Å². The number of quaternary nitrogens is 1. The Hall–Kier alpha value is -0.830. The second-order valence-corrected chi connectivity index (χ2v) is 2.15. The Morgan fingerprint density at radius 3 is 3.00 bits per heavy atom. The molecule has 1 heterocycles. The molecule has 3 heteroatoms. The summed E-state index contributed by atoms with van der Waals surface area (Å²) < 4.78 is 0. The predicted molar refractivity (Wildman–Crippen MR) is 34.8 cm³/mol. The topological polar surface area (TPSA) is 56.3 Å². The fourth-order valence-electron chi connectivity index (χ4n) is 0.784. The molecule has 1 rings (SSSR count). The summed E-state index contributed by atoms with van der Waals surface area (Å²) >= 11 is 0. The van der Waals surface area contributed by atoms with Crippen LogP contribution in [-0.2, 0) is 6.42 Å². The SMILES string of the molecule is Cc1cc(CC[NH3+])n[nH]1. The van der Waals surface area contributed by atoms with Crippen LogP contribution in [-0.4, -0.2) is 16.7 Å². The molecule has 1 aromatic heterocycles. The zero-order valence-electron chi connectivity index (χ0n) is 5.65. The van der Waals surface area contributed by atoms with E-state index >= 15 is 0 Å².